The summed E-state index contributed by atoms with van der Waals surface area (Å²) < 4.78 is 31.1. The normalized spacial score (nSPS) is 11.4. The first-order valence-electron chi connectivity index (χ1n) is 5.11. The lowest BCUT2D eigenvalue weighted by Gasteiger charge is -2.06. The van der Waals surface area contributed by atoms with Gasteiger partial charge in [0, 0.05) is 0 Å². The molecule has 0 radical (unpaired) electrons. The van der Waals surface area contributed by atoms with Gasteiger partial charge in [0.2, 0.25) is 0 Å². The van der Waals surface area contributed by atoms with E-state index in [1.807, 2.05) is 0 Å². The van der Waals surface area contributed by atoms with Gasteiger partial charge in [0.05, 0.1) is 16.3 Å². The van der Waals surface area contributed by atoms with Gasteiger partial charge >= 0.3 is 0 Å². The zero-order valence-electron chi connectivity index (χ0n) is 9.37. The van der Waals surface area contributed by atoms with Gasteiger partial charge in [-0.25, -0.2) is 0 Å². The summed E-state index contributed by atoms with van der Waals surface area (Å²) in [6, 6.07) is 11.0. The van der Waals surface area contributed by atoms with Crippen molar-refractivity contribution in [2.75, 3.05) is 11.5 Å². The molecule has 0 heterocycles. The molecule has 0 aromatic heterocycles. The van der Waals surface area contributed by atoms with Gasteiger partial charge in [0.25, 0.3) is 10.1 Å². The largest absolute Gasteiger partial charge is 0.397 e. The third-order valence-electron chi connectivity index (χ3n) is 2.55. The van der Waals surface area contributed by atoms with Gasteiger partial charge in [-0.2, -0.15) is 8.42 Å². The maximum absolute atomic E-state index is 11.0. The predicted molar refractivity (Wildman–Crippen MR) is 70.5 cm³/mol. The first-order chi connectivity index (χ1) is 8.38. The molecular formula is C12H12N2O3S. The molecule has 0 aliphatic carbocycles. The second kappa shape index (κ2) is 4.32. The summed E-state index contributed by atoms with van der Waals surface area (Å²) in [5, 5.41) is 0. The quantitative estimate of drug-likeness (QED) is 0.566. The van der Waals surface area contributed by atoms with Crippen LogP contribution in [0.15, 0.2) is 47.4 Å². The Bertz CT molecular complexity index is 696. The Morgan fingerprint density at radius 3 is 2.17 bits per heavy atom. The van der Waals surface area contributed by atoms with Gasteiger partial charge in [-0.15, -0.1) is 0 Å². The summed E-state index contributed by atoms with van der Waals surface area (Å²) in [7, 11) is -4.21. The van der Waals surface area contributed by atoms with Crippen LogP contribution in [0.3, 0.4) is 0 Å². The Morgan fingerprint density at radius 1 is 0.889 bits per heavy atom. The Hall–Kier alpha value is -2.05. The highest BCUT2D eigenvalue weighted by Gasteiger charge is 2.10. The molecule has 0 spiro atoms. The van der Waals surface area contributed by atoms with Gasteiger partial charge in [0.15, 0.2) is 0 Å². The number of benzene rings is 2. The van der Waals surface area contributed by atoms with E-state index in [4.69, 9.17) is 16.0 Å². The van der Waals surface area contributed by atoms with Gasteiger partial charge in [0.1, 0.15) is 0 Å². The average molecular weight is 264 g/mol. The van der Waals surface area contributed by atoms with E-state index in [1.54, 1.807) is 30.3 Å². The topological polar surface area (TPSA) is 106 Å². The first kappa shape index (κ1) is 12.4. The average Bonchev–Trinajstić information content (AvgIpc) is 2.32. The van der Waals surface area contributed by atoms with Crippen LogP contribution in [0.2, 0.25) is 0 Å². The molecule has 5 nitrogen and oxygen atoms in total. The van der Waals surface area contributed by atoms with Gasteiger partial charge < -0.3 is 11.5 Å². The summed E-state index contributed by atoms with van der Waals surface area (Å²) in [4.78, 5) is -0.157. The maximum Gasteiger partial charge on any atom is 0.294 e. The predicted octanol–water partition coefficient (Wildman–Crippen LogP) is 1.76. The summed E-state index contributed by atoms with van der Waals surface area (Å²) in [5.74, 6) is 0. The highest BCUT2D eigenvalue weighted by atomic mass is 32.2. The van der Waals surface area contributed by atoms with Gasteiger partial charge in [-0.1, -0.05) is 18.2 Å². The van der Waals surface area contributed by atoms with Crippen LogP contribution in [0.4, 0.5) is 11.4 Å². The number of nitrogen functional groups attached to an aromatic ring is 2. The molecule has 2 aromatic rings. The van der Waals surface area contributed by atoms with Crippen LogP contribution in [-0.4, -0.2) is 13.0 Å². The molecule has 0 unspecified atom stereocenters. The van der Waals surface area contributed by atoms with E-state index in [9.17, 15) is 8.42 Å². The fourth-order valence-corrected chi connectivity index (χ4v) is 2.12. The second-order valence-corrected chi connectivity index (χ2v) is 5.27. The lowest BCUT2D eigenvalue weighted by Crippen LogP contribution is -1.98. The zero-order chi connectivity index (χ0) is 13.3. The van der Waals surface area contributed by atoms with Crippen molar-refractivity contribution >= 4 is 21.5 Å². The lowest BCUT2D eigenvalue weighted by atomic mass is 10.0. The smallest absolute Gasteiger partial charge is 0.294 e. The minimum absolute atomic E-state index is 0.157. The van der Waals surface area contributed by atoms with E-state index in [0.29, 0.717) is 16.9 Å². The molecular weight excluding hydrogens is 252 g/mol. The van der Waals surface area contributed by atoms with Crippen molar-refractivity contribution in [1.82, 2.24) is 0 Å². The van der Waals surface area contributed by atoms with E-state index in [2.05, 4.69) is 0 Å². The highest BCUT2D eigenvalue weighted by Crippen LogP contribution is 2.26. The van der Waals surface area contributed by atoms with Crippen molar-refractivity contribution in [3.63, 3.8) is 0 Å². The van der Waals surface area contributed by atoms with E-state index >= 15 is 0 Å². The molecule has 0 aliphatic heterocycles. The molecule has 0 saturated heterocycles. The van der Waals surface area contributed by atoms with Gasteiger partial charge in [-0.3, -0.25) is 4.55 Å². The minimum Gasteiger partial charge on any atom is -0.397 e. The third-order valence-corrected chi connectivity index (χ3v) is 3.40. The molecule has 6 heteroatoms. The molecule has 0 atom stereocenters. The first-order valence-corrected chi connectivity index (χ1v) is 6.55. The molecule has 0 saturated carbocycles. The molecule has 0 bridgehead atoms. The molecule has 18 heavy (non-hydrogen) atoms. The minimum atomic E-state index is -4.21. The van der Waals surface area contributed by atoms with Crippen molar-refractivity contribution in [3.05, 3.63) is 42.5 Å². The highest BCUT2D eigenvalue weighted by molar-refractivity contribution is 7.85. The van der Waals surface area contributed by atoms with E-state index in [0.717, 1.165) is 5.56 Å². The van der Waals surface area contributed by atoms with Crippen molar-refractivity contribution in [1.29, 1.82) is 0 Å². The molecule has 0 amide bonds. The standard InChI is InChI=1S/C12H12N2O3S/c13-11-5-4-9(7-12(11)14)8-2-1-3-10(6-8)18(15,16)17/h1-7H,13-14H2,(H,15,16,17). The van der Waals surface area contributed by atoms with Crippen LogP contribution < -0.4 is 11.5 Å². The van der Waals surface area contributed by atoms with E-state index in [-0.39, 0.29) is 4.90 Å². The summed E-state index contributed by atoms with van der Waals surface area (Å²) in [6.07, 6.45) is 0. The molecule has 0 fully saturated rings. The molecule has 94 valence electrons. The lowest BCUT2D eigenvalue weighted by molar-refractivity contribution is 0.483. The fourth-order valence-electron chi connectivity index (χ4n) is 1.59. The number of hydrogen-bond acceptors (Lipinski definition) is 4. The monoisotopic (exact) mass is 264 g/mol. The van der Waals surface area contributed by atoms with Crippen LogP contribution in [0, 0.1) is 0 Å². The summed E-state index contributed by atoms with van der Waals surface area (Å²) in [6.45, 7) is 0. The van der Waals surface area contributed by atoms with Crippen LogP contribution in [0.5, 0.6) is 0 Å². The molecule has 2 aromatic carbocycles. The Kier molecular flexibility index (Phi) is 2.98. The summed E-state index contributed by atoms with van der Waals surface area (Å²) >= 11 is 0. The Labute approximate surface area is 105 Å². The number of anilines is 2. The fraction of sp³-hybridized carbons (Fsp3) is 0. The Morgan fingerprint density at radius 2 is 1.56 bits per heavy atom. The Balaban J connectivity index is 2.55. The van der Waals surface area contributed by atoms with Crippen LogP contribution in [-0.2, 0) is 10.1 Å². The molecule has 2 rings (SSSR count). The third kappa shape index (κ3) is 2.44. The van der Waals surface area contributed by atoms with Crippen molar-refractivity contribution < 1.29 is 13.0 Å². The van der Waals surface area contributed by atoms with Crippen molar-refractivity contribution in [2.24, 2.45) is 0 Å². The second-order valence-electron chi connectivity index (χ2n) is 3.85. The number of nitrogens with two attached hydrogens (primary N) is 2. The SMILES string of the molecule is Nc1ccc(-c2cccc(S(=O)(=O)O)c2)cc1N. The van der Waals surface area contributed by atoms with Crippen molar-refractivity contribution in [2.45, 2.75) is 4.90 Å². The maximum atomic E-state index is 11.0. The van der Waals surface area contributed by atoms with Crippen LogP contribution in [0.1, 0.15) is 0 Å². The molecule has 5 N–H and O–H groups in total. The van der Waals surface area contributed by atoms with E-state index < -0.39 is 10.1 Å². The van der Waals surface area contributed by atoms with Crippen molar-refractivity contribution in [3.8, 4) is 11.1 Å². The number of hydrogen-bond donors (Lipinski definition) is 3. The van der Waals surface area contributed by atoms with E-state index in [1.165, 1.54) is 12.1 Å². The van der Waals surface area contributed by atoms with Crippen LogP contribution >= 0.6 is 0 Å². The molecule has 0 aliphatic rings. The number of rotatable bonds is 2. The zero-order valence-corrected chi connectivity index (χ0v) is 10.2. The summed E-state index contributed by atoms with van der Waals surface area (Å²) in [5.41, 5.74) is 13.5. The van der Waals surface area contributed by atoms with Crippen LogP contribution in [0.25, 0.3) is 11.1 Å². The van der Waals surface area contributed by atoms with Gasteiger partial charge in [-0.05, 0) is 35.4 Å².